The summed E-state index contributed by atoms with van der Waals surface area (Å²) in [4.78, 5) is 22.4. The van der Waals surface area contributed by atoms with Crippen LogP contribution < -0.4 is 14.2 Å². The SMILES string of the molecule is COc1cc(/C=C(\C#N)C(=O)Nc2cccc(Cl)c2)cc(Br)c1OS(=O)(=O)c1cccc([N+](=O)[O-])c1. The van der Waals surface area contributed by atoms with Crippen LogP contribution in [0.2, 0.25) is 5.02 Å². The number of anilines is 1. The molecule has 0 aliphatic rings. The molecule has 13 heteroatoms. The third kappa shape index (κ3) is 6.39. The molecule has 1 N–H and O–H groups in total. The van der Waals surface area contributed by atoms with Crippen LogP contribution in [0, 0.1) is 21.4 Å². The van der Waals surface area contributed by atoms with Gasteiger partial charge in [0.1, 0.15) is 16.5 Å². The third-order valence-corrected chi connectivity index (χ3v) is 6.56. The van der Waals surface area contributed by atoms with Gasteiger partial charge in [-0.15, -0.1) is 0 Å². The molecule has 0 saturated carbocycles. The molecule has 0 fully saturated rings. The monoisotopic (exact) mass is 591 g/mol. The molecule has 10 nitrogen and oxygen atoms in total. The molecule has 0 aromatic heterocycles. The number of nitro benzene ring substituents is 1. The Hall–Kier alpha value is -3.92. The number of carbonyl (C=O) groups excluding carboxylic acids is 1. The second-order valence-electron chi connectivity index (χ2n) is 6.96. The van der Waals surface area contributed by atoms with Gasteiger partial charge in [-0.1, -0.05) is 23.7 Å². The first-order valence-corrected chi connectivity index (χ1v) is 12.4. The van der Waals surface area contributed by atoms with Crippen molar-refractivity contribution in [2.75, 3.05) is 12.4 Å². The summed E-state index contributed by atoms with van der Waals surface area (Å²) in [6.45, 7) is 0. The van der Waals surface area contributed by atoms with E-state index in [9.17, 15) is 28.6 Å². The van der Waals surface area contributed by atoms with Gasteiger partial charge in [0.2, 0.25) is 0 Å². The number of nitrogens with zero attached hydrogens (tertiary/aromatic N) is 2. The maximum absolute atomic E-state index is 12.8. The van der Waals surface area contributed by atoms with Crippen LogP contribution in [0.5, 0.6) is 11.5 Å². The number of amides is 1. The van der Waals surface area contributed by atoms with Crippen LogP contribution in [0.3, 0.4) is 0 Å². The van der Waals surface area contributed by atoms with Gasteiger partial charge < -0.3 is 14.2 Å². The van der Waals surface area contributed by atoms with Crippen molar-refractivity contribution >= 4 is 61.0 Å². The minimum absolute atomic E-state index is 0.0443. The van der Waals surface area contributed by atoms with E-state index in [-0.39, 0.29) is 21.5 Å². The Morgan fingerprint density at radius 2 is 1.92 bits per heavy atom. The fourth-order valence-corrected chi connectivity index (χ4v) is 4.73. The number of rotatable bonds is 8. The van der Waals surface area contributed by atoms with E-state index in [4.69, 9.17) is 20.5 Å². The number of carbonyl (C=O) groups is 1. The Balaban J connectivity index is 1.92. The average molecular weight is 593 g/mol. The number of hydrogen-bond acceptors (Lipinski definition) is 8. The van der Waals surface area contributed by atoms with Crippen molar-refractivity contribution in [3.63, 3.8) is 0 Å². The van der Waals surface area contributed by atoms with E-state index >= 15 is 0 Å². The molecule has 0 unspecified atom stereocenters. The number of hydrogen-bond donors (Lipinski definition) is 1. The summed E-state index contributed by atoms with van der Waals surface area (Å²) < 4.78 is 36.1. The van der Waals surface area contributed by atoms with Crippen LogP contribution in [0.25, 0.3) is 6.08 Å². The largest absolute Gasteiger partial charge is 0.493 e. The number of nitrogens with one attached hydrogen (secondary N) is 1. The lowest BCUT2D eigenvalue weighted by Gasteiger charge is -2.13. The molecule has 0 atom stereocenters. The van der Waals surface area contributed by atoms with Crippen molar-refractivity contribution < 1.29 is 27.1 Å². The van der Waals surface area contributed by atoms with Crippen LogP contribution >= 0.6 is 27.5 Å². The second kappa shape index (κ2) is 11.2. The molecular weight excluding hydrogens is 578 g/mol. The van der Waals surface area contributed by atoms with E-state index in [0.29, 0.717) is 16.3 Å². The molecular formula is C23H15BrClN3O7S. The molecule has 36 heavy (non-hydrogen) atoms. The lowest BCUT2D eigenvalue weighted by Crippen LogP contribution is -2.13. The van der Waals surface area contributed by atoms with Crippen molar-refractivity contribution in [1.82, 2.24) is 0 Å². The Morgan fingerprint density at radius 3 is 2.56 bits per heavy atom. The standard InChI is InChI=1S/C23H15BrClN3O7S/c1-34-21-10-14(8-15(13-26)23(29)27-17-5-2-4-16(25)11-17)9-20(24)22(21)35-36(32,33)19-7-3-6-18(12-19)28(30)31/h2-12H,1H3,(H,27,29)/b15-8+. The molecule has 0 heterocycles. The second-order valence-corrected chi connectivity index (χ2v) is 9.80. The summed E-state index contributed by atoms with van der Waals surface area (Å²) in [6.07, 6.45) is 1.27. The predicted molar refractivity (Wildman–Crippen MR) is 135 cm³/mol. The van der Waals surface area contributed by atoms with Gasteiger partial charge in [0.15, 0.2) is 11.5 Å². The lowest BCUT2D eigenvalue weighted by molar-refractivity contribution is -0.385. The van der Waals surface area contributed by atoms with E-state index in [1.54, 1.807) is 18.2 Å². The van der Waals surface area contributed by atoms with Crippen LogP contribution in [-0.2, 0) is 14.9 Å². The Bertz CT molecular complexity index is 1530. The molecule has 3 rings (SSSR count). The molecule has 0 bridgehead atoms. The van der Waals surface area contributed by atoms with Gasteiger partial charge in [0, 0.05) is 22.8 Å². The highest BCUT2D eigenvalue weighted by atomic mass is 79.9. The smallest absolute Gasteiger partial charge is 0.339 e. The van der Waals surface area contributed by atoms with Gasteiger partial charge in [-0.25, -0.2) is 0 Å². The first-order valence-electron chi connectivity index (χ1n) is 9.79. The van der Waals surface area contributed by atoms with E-state index < -0.39 is 31.5 Å². The minimum Gasteiger partial charge on any atom is -0.493 e. The highest BCUT2D eigenvalue weighted by Gasteiger charge is 2.24. The van der Waals surface area contributed by atoms with Gasteiger partial charge in [-0.3, -0.25) is 14.9 Å². The minimum atomic E-state index is -4.47. The van der Waals surface area contributed by atoms with Crippen LogP contribution in [0.15, 0.2) is 75.6 Å². The predicted octanol–water partition coefficient (Wildman–Crippen LogP) is 5.33. The number of nitro groups is 1. The summed E-state index contributed by atoms with van der Waals surface area (Å²) in [5, 5.41) is 23.4. The zero-order valence-electron chi connectivity index (χ0n) is 18.3. The average Bonchev–Trinajstić information content (AvgIpc) is 2.83. The number of benzene rings is 3. The van der Waals surface area contributed by atoms with Gasteiger partial charge in [-0.2, -0.15) is 13.7 Å². The fraction of sp³-hybridized carbons (Fsp3) is 0.0435. The molecule has 0 aliphatic carbocycles. The third-order valence-electron chi connectivity index (χ3n) is 4.52. The zero-order valence-corrected chi connectivity index (χ0v) is 21.4. The van der Waals surface area contributed by atoms with Crippen LogP contribution in [0.4, 0.5) is 11.4 Å². The quantitative estimate of drug-likeness (QED) is 0.121. The molecule has 3 aromatic rings. The number of methoxy groups -OCH3 is 1. The van der Waals surface area contributed by atoms with E-state index in [0.717, 1.165) is 18.2 Å². The first kappa shape index (κ1) is 26.7. The van der Waals surface area contributed by atoms with E-state index in [1.165, 1.54) is 37.5 Å². The van der Waals surface area contributed by atoms with Gasteiger partial charge in [0.05, 0.1) is 16.5 Å². The molecule has 0 saturated heterocycles. The first-order chi connectivity index (χ1) is 17.0. The maximum Gasteiger partial charge on any atom is 0.339 e. The summed E-state index contributed by atoms with van der Waals surface area (Å²) in [5.41, 5.74) is 0.0345. The Labute approximate surface area is 219 Å². The van der Waals surface area contributed by atoms with E-state index in [2.05, 4.69) is 21.2 Å². The van der Waals surface area contributed by atoms with Crippen LogP contribution in [-0.4, -0.2) is 26.4 Å². The summed E-state index contributed by atoms with van der Waals surface area (Å²) in [7, 11) is -3.21. The van der Waals surface area contributed by atoms with Crippen molar-refractivity contribution in [3.05, 3.63) is 91.4 Å². The summed E-state index contributed by atoms with van der Waals surface area (Å²) >= 11 is 9.12. The molecule has 3 aromatic carbocycles. The number of halogens is 2. The molecule has 0 spiro atoms. The van der Waals surface area contributed by atoms with E-state index in [1.807, 2.05) is 6.07 Å². The highest BCUT2D eigenvalue weighted by molar-refractivity contribution is 9.10. The number of non-ortho nitro benzene ring substituents is 1. The van der Waals surface area contributed by atoms with Crippen molar-refractivity contribution in [2.45, 2.75) is 4.90 Å². The number of ether oxygens (including phenoxy) is 1. The molecule has 1 amide bonds. The highest BCUT2D eigenvalue weighted by Crippen LogP contribution is 2.39. The van der Waals surface area contributed by atoms with Gasteiger partial charge >= 0.3 is 10.1 Å². The molecule has 184 valence electrons. The van der Waals surface area contributed by atoms with Gasteiger partial charge in [-0.05, 0) is 64.0 Å². The van der Waals surface area contributed by atoms with Gasteiger partial charge in [0.25, 0.3) is 11.6 Å². The normalized spacial score (nSPS) is 11.3. The maximum atomic E-state index is 12.8. The fourth-order valence-electron chi connectivity index (χ4n) is 2.89. The Kier molecular flexibility index (Phi) is 8.31. The van der Waals surface area contributed by atoms with Crippen molar-refractivity contribution in [2.24, 2.45) is 0 Å². The molecule has 0 radical (unpaired) electrons. The lowest BCUT2D eigenvalue weighted by atomic mass is 10.1. The number of nitriles is 1. The molecule has 0 aliphatic heterocycles. The summed E-state index contributed by atoms with van der Waals surface area (Å²) in [5.74, 6) is -0.969. The van der Waals surface area contributed by atoms with Crippen molar-refractivity contribution in [1.29, 1.82) is 5.26 Å². The van der Waals surface area contributed by atoms with Crippen molar-refractivity contribution in [3.8, 4) is 17.6 Å². The summed E-state index contributed by atoms with van der Waals surface area (Å²) in [6, 6.07) is 15.3. The zero-order chi connectivity index (χ0) is 26.5. The Morgan fingerprint density at radius 1 is 1.19 bits per heavy atom. The van der Waals surface area contributed by atoms with Crippen LogP contribution in [0.1, 0.15) is 5.56 Å². The topological polar surface area (TPSA) is 149 Å².